The zero-order valence-corrected chi connectivity index (χ0v) is 12.3. The van der Waals surface area contributed by atoms with Crippen LogP contribution in [0.5, 0.6) is 0 Å². The fourth-order valence-corrected chi connectivity index (χ4v) is 3.43. The van der Waals surface area contributed by atoms with Crippen LogP contribution in [-0.4, -0.2) is 20.3 Å². The minimum absolute atomic E-state index is 0.435. The molecule has 0 spiro atoms. The molecule has 4 atom stereocenters. The Hall–Kier alpha value is -0.0800. The van der Waals surface area contributed by atoms with Crippen LogP contribution >= 0.6 is 0 Å². The molecular weight excluding hydrogens is 210 g/mol. The molecule has 0 aromatic carbocycles. The van der Waals surface area contributed by atoms with Crippen LogP contribution < -0.4 is 5.73 Å². The molecule has 1 aliphatic rings. The monoisotopic (exact) mass is 241 g/mol. The van der Waals surface area contributed by atoms with Crippen molar-refractivity contribution in [2.45, 2.75) is 47.0 Å². The first-order chi connectivity index (χ1) is 7.90. The Bertz CT molecular complexity index is 221. The van der Waals surface area contributed by atoms with Crippen LogP contribution in [0.3, 0.4) is 0 Å². The molecule has 17 heavy (non-hydrogen) atoms. The van der Waals surface area contributed by atoms with Crippen LogP contribution in [0.4, 0.5) is 0 Å². The number of hydrogen-bond acceptors (Lipinski definition) is 2. The van der Waals surface area contributed by atoms with Gasteiger partial charge in [0.2, 0.25) is 0 Å². The van der Waals surface area contributed by atoms with Gasteiger partial charge >= 0.3 is 0 Å². The second kappa shape index (κ2) is 6.19. The van der Waals surface area contributed by atoms with Gasteiger partial charge in [-0.15, -0.1) is 0 Å². The Morgan fingerprint density at radius 3 is 2.41 bits per heavy atom. The molecule has 2 N–H and O–H groups in total. The van der Waals surface area contributed by atoms with Gasteiger partial charge in [-0.1, -0.05) is 27.7 Å². The lowest BCUT2D eigenvalue weighted by Crippen LogP contribution is -2.38. The van der Waals surface area contributed by atoms with Gasteiger partial charge in [0.1, 0.15) is 0 Å². The van der Waals surface area contributed by atoms with Gasteiger partial charge in [0.25, 0.3) is 0 Å². The van der Waals surface area contributed by atoms with Gasteiger partial charge in [0, 0.05) is 13.7 Å². The van der Waals surface area contributed by atoms with E-state index in [1.807, 2.05) is 0 Å². The molecule has 2 heteroatoms. The fraction of sp³-hybridized carbons (Fsp3) is 1.00. The summed E-state index contributed by atoms with van der Waals surface area (Å²) >= 11 is 0. The lowest BCUT2D eigenvalue weighted by atomic mass is 9.63. The van der Waals surface area contributed by atoms with E-state index in [0.29, 0.717) is 17.3 Å². The molecule has 1 saturated carbocycles. The Morgan fingerprint density at radius 1 is 1.29 bits per heavy atom. The first-order valence-electron chi connectivity index (χ1n) is 7.09. The molecule has 1 aliphatic carbocycles. The molecular formula is C15H31NO. The van der Waals surface area contributed by atoms with E-state index in [1.165, 1.54) is 19.3 Å². The summed E-state index contributed by atoms with van der Waals surface area (Å²) < 4.78 is 5.33. The van der Waals surface area contributed by atoms with Crippen molar-refractivity contribution in [3.63, 3.8) is 0 Å². The van der Waals surface area contributed by atoms with Crippen LogP contribution in [-0.2, 0) is 4.74 Å². The molecule has 1 fully saturated rings. The minimum atomic E-state index is 0.435. The van der Waals surface area contributed by atoms with Gasteiger partial charge in [-0.25, -0.2) is 0 Å². The highest BCUT2D eigenvalue weighted by molar-refractivity contribution is 4.88. The Balaban J connectivity index is 2.68. The van der Waals surface area contributed by atoms with Gasteiger partial charge in [-0.2, -0.15) is 0 Å². The molecule has 0 aliphatic heterocycles. The Kier molecular flexibility index (Phi) is 5.46. The van der Waals surface area contributed by atoms with Gasteiger partial charge in [-0.3, -0.25) is 0 Å². The first-order valence-corrected chi connectivity index (χ1v) is 7.09. The third kappa shape index (κ3) is 3.96. The van der Waals surface area contributed by atoms with Crippen molar-refractivity contribution >= 4 is 0 Å². The summed E-state index contributed by atoms with van der Waals surface area (Å²) in [5.41, 5.74) is 6.38. The molecule has 1 rings (SSSR count). The van der Waals surface area contributed by atoms with E-state index >= 15 is 0 Å². The topological polar surface area (TPSA) is 35.2 Å². The van der Waals surface area contributed by atoms with Crippen LogP contribution in [0.1, 0.15) is 47.0 Å². The maximum absolute atomic E-state index is 5.94. The summed E-state index contributed by atoms with van der Waals surface area (Å²) in [6, 6.07) is 0. The van der Waals surface area contributed by atoms with Crippen molar-refractivity contribution < 1.29 is 4.74 Å². The molecule has 0 heterocycles. The zero-order chi connectivity index (χ0) is 13.1. The minimum Gasteiger partial charge on any atom is -0.384 e. The van der Waals surface area contributed by atoms with E-state index in [0.717, 1.165) is 25.0 Å². The third-order valence-electron chi connectivity index (χ3n) is 4.74. The predicted octanol–water partition coefficient (Wildman–Crippen LogP) is 3.31. The summed E-state index contributed by atoms with van der Waals surface area (Å²) in [4.78, 5) is 0. The van der Waals surface area contributed by atoms with Crippen molar-refractivity contribution in [3.8, 4) is 0 Å². The summed E-state index contributed by atoms with van der Waals surface area (Å²) in [6.07, 6.45) is 3.98. The van der Waals surface area contributed by atoms with Crippen molar-refractivity contribution in [3.05, 3.63) is 0 Å². The molecule has 0 bridgehead atoms. The number of rotatable bonds is 4. The van der Waals surface area contributed by atoms with E-state index in [1.54, 1.807) is 7.11 Å². The molecule has 0 saturated heterocycles. The third-order valence-corrected chi connectivity index (χ3v) is 4.74. The first kappa shape index (κ1) is 15.0. The Morgan fingerprint density at radius 2 is 1.94 bits per heavy atom. The summed E-state index contributed by atoms with van der Waals surface area (Å²) in [5, 5.41) is 0. The van der Waals surface area contributed by atoms with Gasteiger partial charge in [0.05, 0.1) is 0 Å². The predicted molar refractivity (Wildman–Crippen MR) is 73.9 cm³/mol. The van der Waals surface area contributed by atoms with Gasteiger partial charge in [0.15, 0.2) is 0 Å². The second-order valence-electron chi connectivity index (χ2n) is 6.97. The lowest BCUT2D eigenvalue weighted by Gasteiger charge is -2.43. The number of nitrogens with two attached hydrogens (primary N) is 1. The maximum atomic E-state index is 5.94. The van der Waals surface area contributed by atoms with Gasteiger partial charge in [-0.05, 0) is 54.9 Å². The van der Waals surface area contributed by atoms with E-state index in [4.69, 9.17) is 10.5 Å². The van der Waals surface area contributed by atoms with Crippen molar-refractivity contribution in [1.29, 1.82) is 0 Å². The quantitative estimate of drug-likeness (QED) is 0.819. The van der Waals surface area contributed by atoms with Crippen LogP contribution in [0.25, 0.3) is 0 Å². The number of hydrogen-bond donors (Lipinski definition) is 1. The van der Waals surface area contributed by atoms with E-state index in [2.05, 4.69) is 27.7 Å². The molecule has 0 amide bonds. The average Bonchev–Trinajstić information content (AvgIpc) is 2.27. The maximum Gasteiger partial charge on any atom is 0.0490 e. The van der Waals surface area contributed by atoms with Gasteiger partial charge < -0.3 is 10.5 Å². The fourth-order valence-electron chi connectivity index (χ4n) is 3.43. The highest BCUT2D eigenvalue weighted by Gasteiger charge is 2.37. The molecule has 0 aromatic heterocycles. The van der Waals surface area contributed by atoms with Crippen molar-refractivity contribution in [2.24, 2.45) is 34.8 Å². The highest BCUT2D eigenvalue weighted by atomic mass is 16.5. The molecule has 102 valence electrons. The molecule has 0 radical (unpaired) electrons. The average molecular weight is 241 g/mol. The van der Waals surface area contributed by atoms with Crippen LogP contribution in [0, 0.1) is 29.1 Å². The SMILES string of the molecule is COCC(C)C1CC(C(C)(C)C)CCC1CN. The van der Waals surface area contributed by atoms with Crippen LogP contribution in [0.2, 0.25) is 0 Å². The largest absolute Gasteiger partial charge is 0.384 e. The number of methoxy groups -OCH3 is 1. The molecule has 4 unspecified atom stereocenters. The second-order valence-corrected chi connectivity index (χ2v) is 6.97. The molecule has 2 nitrogen and oxygen atoms in total. The van der Waals surface area contributed by atoms with E-state index in [-0.39, 0.29) is 0 Å². The highest BCUT2D eigenvalue weighted by Crippen LogP contribution is 2.44. The summed E-state index contributed by atoms with van der Waals surface area (Å²) in [7, 11) is 1.80. The summed E-state index contributed by atoms with van der Waals surface area (Å²) in [5.74, 6) is 2.94. The standard InChI is InChI=1S/C15H31NO/c1-11(10-17-5)14-8-13(15(2,3)4)7-6-12(14)9-16/h11-14H,6-10,16H2,1-5H3. The van der Waals surface area contributed by atoms with Crippen LogP contribution in [0.15, 0.2) is 0 Å². The van der Waals surface area contributed by atoms with Crippen molar-refractivity contribution in [1.82, 2.24) is 0 Å². The van der Waals surface area contributed by atoms with Crippen molar-refractivity contribution in [2.75, 3.05) is 20.3 Å². The van der Waals surface area contributed by atoms with E-state index < -0.39 is 0 Å². The lowest BCUT2D eigenvalue weighted by molar-refractivity contribution is 0.0392. The zero-order valence-electron chi connectivity index (χ0n) is 12.3. The number of ether oxygens (including phenoxy) is 1. The smallest absolute Gasteiger partial charge is 0.0490 e. The van der Waals surface area contributed by atoms with E-state index in [9.17, 15) is 0 Å². The Labute approximate surface area is 107 Å². The molecule has 0 aromatic rings. The summed E-state index contributed by atoms with van der Waals surface area (Å²) in [6.45, 7) is 11.2. The normalized spacial score (nSPS) is 32.5.